The number of anilines is 2. The van der Waals surface area contributed by atoms with Gasteiger partial charge < -0.3 is 15.0 Å². The minimum Gasteiger partial charge on any atom is -0.380 e. The third-order valence-electron chi connectivity index (χ3n) is 4.95. The van der Waals surface area contributed by atoms with Crippen LogP contribution >= 0.6 is 0 Å². The molecule has 0 unspecified atom stereocenters. The van der Waals surface area contributed by atoms with Gasteiger partial charge in [-0.1, -0.05) is 13.8 Å². The molecular weight excluding hydrogens is 306 g/mol. The van der Waals surface area contributed by atoms with E-state index in [1.807, 2.05) is 19.9 Å². The molecule has 1 aromatic heterocycles. The molecule has 24 heavy (non-hydrogen) atoms. The van der Waals surface area contributed by atoms with Gasteiger partial charge in [0.25, 0.3) is 0 Å². The molecule has 3 heterocycles. The molecule has 2 saturated heterocycles. The van der Waals surface area contributed by atoms with Crippen molar-refractivity contribution in [2.45, 2.75) is 33.6 Å². The first-order chi connectivity index (χ1) is 11.4. The number of ketones is 1. The van der Waals surface area contributed by atoms with Crippen LogP contribution in [0.5, 0.6) is 0 Å². The number of rotatable bonds is 4. The van der Waals surface area contributed by atoms with Crippen LogP contribution in [0.1, 0.15) is 44.1 Å². The van der Waals surface area contributed by atoms with Crippen molar-refractivity contribution in [2.75, 3.05) is 36.5 Å². The Morgan fingerprint density at radius 1 is 1.29 bits per heavy atom. The molecular formula is C18H25N3O3. The van der Waals surface area contributed by atoms with Crippen molar-refractivity contribution in [3.63, 3.8) is 0 Å². The van der Waals surface area contributed by atoms with Crippen LogP contribution in [0, 0.1) is 11.3 Å². The zero-order valence-electron chi connectivity index (χ0n) is 14.6. The minimum absolute atomic E-state index is 0.0606. The second-order valence-electron chi connectivity index (χ2n) is 7.27. The SMILES string of the molecule is CC(=O)Nc1cc(N2CCC3(CC2)COC3)cnc1C(=O)C(C)C. The van der Waals surface area contributed by atoms with Crippen LogP contribution in [0.4, 0.5) is 11.4 Å². The monoisotopic (exact) mass is 331 g/mol. The number of pyridine rings is 1. The van der Waals surface area contributed by atoms with Crippen LogP contribution < -0.4 is 10.2 Å². The lowest BCUT2D eigenvalue weighted by molar-refractivity contribution is -0.124. The van der Waals surface area contributed by atoms with Crippen LogP contribution in [0.25, 0.3) is 0 Å². The maximum absolute atomic E-state index is 12.3. The van der Waals surface area contributed by atoms with Gasteiger partial charge in [0.15, 0.2) is 5.78 Å². The molecule has 1 N–H and O–H groups in total. The van der Waals surface area contributed by atoms with Crippen molar-refractivity contribution in [3.05, 3.63) is 18.0 Å². The van der Waals surface area contributed by atoms with Crippen molar-refractivity contribution >= 4 is 23.1 Å². The lowest BCUT2D eigenvalue weighted by Crippen LogP contribution is -2.51. The van der Waals surface area contributed by atoms with Gasteiger partial charge in [-0.15, -0.1) is 0 Å². The number of carbonyl (C=O) groups is 2. The smallest absolute Gasteiger partial charge is 0.221 e. The van der Waals surface area contributed by atoms with Crippen LogP contribution in [-0.2, 0) is 9.53 Å². The van der Waals surface area contributed by atoms with Gasteiger partial charge in [0.1, 0.15) is 5.69 Å². The minimum atomic E-state index is -0.198. The Labute approximate surface area is 142 Å². The summed E-state index contributed by atoms with van der Waals surface area (Å²) in [6.45, 7) is 8.75. The molecule has 6 nitrogen and oxygen atoms in total. The first kappa shape index (κ1) is 16.9. The van der Waals surface area contributed by atoms with E-state index in [1.165, 1.54) is 6.92 Å². The Hall–Kier alpha value is -1.95. The van der Waals surface area contributed by atoms with E-state index in [-0.39, 0.29) is 17.6 Å². The van der Waals surface area contributed by atoms with Crippen LogP contribution in [0.3, 0.4) is 0 Å². The van der Waals surface area contributed by atoms with Gasteiger partial charge in [-0.2, -0.15) is 0 Å². The fraction of sp³-hybridized carbons (Fsp3) is 0.611. The van der Waals surface area contributed by atoms with Gasteiger partial charge in [-0.25, -0.2) is 4.98 Å². The summed E-state index contributed by atoms with van der Waals surface area (Å²) >= 11 is 0. The Balaban J connectivity index is 1.81. The predicted molar refractivity (Wildman–Crippen MR) is 92.4 cm³/mol. The molecule has 2 fully saturated rings. The zero-order valence-corrected chi connectivity index (χ0v) is 14.6. The summed E-state index contributed by atoms with van der Waals surface area (Å²) in [7, 11) is 0. The lowest BCUT2D eigenvalue weighted by atomic mass is 9.77. The predicted octanol–water partition coefficient (Wildman–Crippen LogP) is 2.50. The highest BCUT2D eigenvalue weighted by Gasteiger charge is 2.41. The number of carbonyl (C=O) groups excluding carboxylic acids is 2. The molecule has 3 rings (SSSR count). The number of Topliss-reactive ketones (excluding diaryl/α,β-unsaturated/α-hetero) is 1. The average molecular weight is 331 g/mol. The molecule has 0 atom stereocenters. The standard InChI is InChI=1S/C18H25N3O3/c1-12(2)17(23)16-15(20-13(3)22)8-14(9-19-16)21-6-4-18(5-7-21)10-24-11-18/h8-9,12H,4-7,10-11H2,1-3H3,(H,20,22). The van der Waals surface area contributed by atoms with Crippen molar-refractivity contribution in [3.8, 4) is 0 Å². The average Bonchev–Trinajstić information content (AvgIpc) is 2.52. The van der Waals surface area contributed by atoms with E-state index in [0.29, 0.717) is 16.8 Å². The van der Waals surface area contributed by atoms with Crippen molar-refractivity contribution in [2.24, 2.45) is 11.3 Å². The van der Waals surface area contributed by atoms with E-state index in [9.17, 15) is 9.59 Å². The fourth-order valence-corrected chi connectivity index (χ4v) is 3.30. The summed E-state index contributed by atoms with van der Waals surface area (Å²) < 4.78 is 5.37. The van der Waals surface area contributed by atoms with Gasteiger partial charge in [0, 0.05) is 31.3 Å². The number of aromatic nitrogens is 1. The van der Waals surface area contributed by atoms with E-state index in [0.717, 1.165) is 44.8 Å². The zero-order chi connectivity index (χ0) is 17.3. The molecule has 1 amide bonds. The molecule has 0 aliphatic carbocycles. The van der Waals surface area contributed by atoms with Crippen LogP contribution in [-0.4, -0.2) is 43.0 Å². The highest BCUT2D eigenvalue weighted by atomic mass is 16.5. The quantitative estimate of drug-likeness (QED) is 0.858. The molecule has 1 spiro atoms. The molecule has 0 bridgehead atoms. The molecule has 130 valence electrons. The van der Waals surface area contributed by atoms with E-state index >= 15 is 0 Å². The van der Waals surface area contributed by atoms with Crippen molar-refractivity contribution in [1.29, 1.82) is 0 Å². The van der Waals surface area contributed by atoms with E-state index in [4.69, 9.17) is 4.74 Å². The third kappa shape index (κ3) is 3.29. The summed E-state index contributed by atoms with van der Waals surface area (Å²) in [4.78, 5) is 30.5. The van der Waals surface area contributed by atoms with Gasteiger partial charge in [-0.05, 0) is 18.9 Å². The number of nitrogens with zero attached hydrogens (tertiary/aromatic N) is 2. The number of piperidine rings is 1. The first-order valence-corrected chi connectivity index (χ1v) is 8.55. The Kier molecular flexibility index (Phi) is 4.58. The Morgan fingerprint density at radius 3 is 2.46 bits per heavy atom. The molecule has 0 radical (unpaired) electrons. The van der Waals surface area contributed by atoms with Gasteiger partial charge in [0.05, 0.1) is 30.8 Å². The molecule has 0 aromatic carbocycles. The van der Waals surface area contributed by atoms with Gasteiger partial charge >= 0.3 is 0 Å². The lowest BCUT2D eigenvalue weighted by Gasteiger charge is -2.47. The van der Waals surface area contributed by atoms with E-state index < -0.39 is 0 Å². The summed E-state index contributed by atoms with van der Waals surface area (Å²) in [5, 5.41) is 2.76. The first-order valence-electron chi connectivity index (χ1n) is 8.55. The number of ether oxygens (including phenoxy) is 1. The van der Waals surface area contributed by atoms with Gasteiger partial charge in [0.2, 0.25) is 5.91 Å². The van der Waals surface area contributed by atoms with Crippen molar-refractivity contribution < 1.29 is 14.3 Å². The summed E-state index contributed by atoms with van der Waals surface area (Å²) in [6.07, 6.45) is 3.96. The van der Waals surface area contributed by atoms with Crippen LogP contribution in [0.2, 0.25) is 0 Å². The number of nitrogens with one attached hydrogen (secondary N) is 1. The van der Waals surface area contributed by atoms with Gasteiger partial charge in [-0.3, -0.25) is 9.59 Å². The maximum Gasteiger partial charge on any atom is 0.221 e. The molecule has 2 aliphatic rings. The largest absolute Gasteiger partial charge is 0.380 e. The molecule has 2 aliphatic heterocycles. The topological polar surface area (TPSA) is 71.5 Å². The Morgan fingerprint density at radius 2 is 1.96 bits per heavy atom. The molecule has 1 aromatic rings. The van der Waals surface area contributed by atoms with E-state index in [2.05, 4.69) is 15.2 Å². The second kappa shape index (κ2) is 6.51. The highest BCUT2D eigenvalue weighted by Crippen LogP contribution is 2.39. The van der Waals surface area contributed by atoms with Crippen LogP contribution in [0.15, 0.2) is 12.3 Å². The number of amides is 1. The summed E-state index contributed by atoms with van der Waals surface area (Å²) in [5.74, 6) is -0.421. The maximum atomic E-state index is 12.3. The summed E-state index contributed by atoms with van der Waals surface area (Å²) in [6, 6.07) is 1.87. The van der Waals surface area contributed by atoms with Crippen molar-refractivity contribution in [1.82, 2.24) is 4.98 Å². The normalized spacial score (nSPS) is 19.2. The Bertz CT molecular complexity index is 643. The highest BCUT2D eigenvalue weighted by molar-refractivity contribution is 6.04. The molecule has 6 heteroatoms. The third-order valence-corrected chi connectivity index (χ3v) is 4.95. The summed E-state index contributed by atoms with van der Waals surface area (Å²) in [5.41, 5.74) is 2.17. The molecule has 0 saturated carbocycles. The fourth-order valence-electron chi connectivity index (χ4n) is 3.30. The second-order valence-corrected chi connectivity index (χ2v) is 7.27. The van der Waals surface area contributed by atoms with E-state index in [1.54, 1.807) is 6.20 Å². The number of hydrogen-bond donors (Lipinski definition) is 1. The number of hydrogen-bond acceptors (Lipinski definition) is 5.